The van der Waals surface area contributed by atoms with Crippen molar-refractivity contribution in [2.45, 2.75) is 0 Å². The van der Waals surface area contributed by atoms with E-state index in [0.29, 0.717) is 5.82 Å². The van der Waals surface area contributed by atoms with E-state index in [2.05, 4.69) is 15.5 Å². The molecule has 0 fully saturated rings. The van der Waals surface area contributed by atoms with Crippen LogP contribution < -0.4 is 5.32 Å². The van der Waals surface area contributed by atoms with E-state index in [9.17, 15) is 0 Å². The average molecular weight is 187 g/mol. The summed E-state index contributed by atoms with van der Waals surface area (Å²) in [7, 11) is 0. The minimum absolute atomic E-state index is 0.245. The molecular weight excluding hydrogens is 178 g/mol. The second-order valence-corrected chi connectivity index (χ2v) is 2.78. The molecule has 0 saturated carbocycles. The molecule has 0 spiro atoms. The minimum Gasteiger partial charge on any atom is -0.508 e. The lowest BCUT2D eigenvalue weighted by molar-refractivity contribution is 0.475. The molecule has 1 aromatic carbocycles. The summed E-state index contributed by atoms with van der Waals surface area (Å²) in [6.45, 7) is 0. The van der Waals surface area contributed by atoms with Gasteiger partial charge in [-0.3, -0.25) is 0 Å². The molecule has 0 aliphatic carbocycles. The van der Waals surface area contributed by atoms with Gasteiger partial charge in [0.25, 0.3) is 0 Å². The molecule has 0 aliphatic rings. The monoisotopic (exact) mass is 187 g/mol. The van der Waals surface area contributed by atoms with Gasteiger partial charge in [0.05, 0.1) is 0 Å². The number of nitrogens with one attached hydrogen (secondary N) is 1. The van der Waals surface area contributed by atoms with E-state index < -0.39 is 0 Å². The van der Waals surface area contributed by atoms with Gasteiger partial charge in [-0.1, -0.05) is 0 Å². The van der Waals surface area contributed by atoms with Crippen LogP contribution in [0.15, 0.2) is 42.6 Å². The first-order chi connectivity index (χ1) is 6.84. The van der Waals surface area contributed by atoms with Crippen LogP contribution in [0.3, 0.4) is 0 Å². The number of hydrogen-bond donors (Lipinski definition) is 2. The van der Waals surface area contributed by atoms with Gasteiger partial charge in [0.15, 0.2) is 5.82 Å². The molecule has 0 unspecified atom stereocenters. The highest BCUT2D eigenvalue weighted by atomic mass is 16.3. The Balaban J connectivity index is 2.16. The topological polar surface area (TPSA) is 58.0 Å². The third-order valence-electron chi connectivity index (χ3n) is 1.71. The third-order valence-corrected chi connectivity index (χ3v) is 1.71. The molecular formula is C10H9N3O. The zero-order chi connectivity index (χ0) is 9.80. The molecule has 14 heavy (non-hydrogen) atoms. The highest BCUT2D eigenvalue weighted by Crippen LogP contribution is 2.16. The Morgan fingerprint density at radius 1 is 1.07 bits per heavy atom. The highest BCUT2D eigenvalue weighted by Gasteiger charge is 1.94. The number of hydrogen-bond acceptors (Lipinski definition) is 4. The van der Waals surface area contributed by atoms with Crippen molar-refractivity contribution >= 4 is 11.5 Å². The van der Waals surface area contributed by atoms with Gasteiger partial charge in [-0.25, -0.2) is 0 Å². The van der Waals surface area contributed by atoms with Gasteiger partial charge in [0.1, 0.15) is 5.75 Å². The average Bonchev–Trinajstić information content (AvgIpc) is 2.23. The summed E-state index contributed by atoms with van der Waals surface area (Å²) < 4.78 is 0. The Bertz CT molecular complexity index is 399. The van der Waals surface area contributed by atoms with Crippen LogP contribution in [-0.4, -0.2) is 15.3 Å². The summed E-state index contributed by atoms with van der Waals surface area (Å²) in [6, 6.07) is 10.4. The van der Waals surface area contributed by atoms with Crippen molar-refractivity contribution in [3.05, 3.63) is 42.6 Å². The number of anilines is 2. The molecule has 0 radical (unpaired) electrons. The summed E-state index contributed by atoms with van der Waals surface area (Å²) >= 11 is 0. The smallest absolute Gasteiger partial charge is 0.153 e. The van der Waals surface area contributed by atoms with E-state index in [1.807, 2.05) is 6.07 Å². The lowest BCUT2D eigenvalue weighted by atomic mass is 10.3. The normalized spacial score (nSPS) is 9.71. The van der Waals surface area contributed by atoms with E-state index in [0.717, 1.165) is 5.69 Å². The zero-order valence-electron chi connectivity index (χ0n) is 7.38. The fourth-order valence-corrected chi connectivity index (χ4v) is 1.06. The highest BCUT2D eigenvalue weighted by molar-refractivity contribution is 5.56. The zero-order valence-corrected chi connectivity index (χ0v) is 7.38. The first kappa shape index (κ1) is 8.50. The van der Waals surface area contributed by atoms with Crippen molar-refractivity contribution in [3.8, 4) is 5.75 Å². The van der Waals surface area contributed by atoms with E-state index in [1.165, 1.54) is 0 Å². The first-order valence-corrected chi connectivity index (χ1v) is 4.18. The van der Waals surface area contributed by atoms with Crippen LogP contribution in [0.2, 0.25) is 0 Å². The summed E-state index contributed by atoms with van der Waals surface area (Å²) in [5.74, 6) is 0.924. The van der Waals surface area contributed by atoms with Crippen molar-refractivity contribution in [1.29, 1.82) is 0 Å². The van der Waals surface area contributed by atoms with E-state index in [-0.39, 0.29) is 5.75 Å². The maximum Gasteiger partial charge on any atom is 0.153 e. The van der Waals surface area contributed by atoms with E-state index >= 15 is 0 Å². The molecule has 2 N–H and O–H groups in total. The maximum absolute atomic E-state index is 9.07. The van der Waals surface area contributed by atoms with Crippen molar-refractivity contribution in [1.82, 2.24) is 10.2 Å². The van der Waals surface area contributed by atoms with Crippen LogP contribution >= 0.6 is 0 Å². The van der Waals surface area contributed by atoms with Crippen LogP contribution in [0.1, 0.15) is 0 Å². The van der Waals surface area contributed by atoms with Gasteiger partial charge in [-0.05, 0) is 36.4 Å². The third kappa shape index (κ3) is 1.98. The molecule has 1 heterocycles. The minimum atomic E-state index is 0.245. The van der Waals surface area contributed by atoms with Crippen LogP contribution in [0, 0.1) is 0 Å². The lowest BCUT2D eigenvalue weighted by Crippen LogP contribution is -1.93. The molecule has 2 aromatic rings. The molecule has 4 heteroatoms. The number of rotatable bonds is 2. The fraction of sp³-hybridized carbons (Fsp3) is 0. The SMILES string of the molecule is Oc1ccc(Nc2cccnn2)cc1. The number of aromatic hydroxyl groups is 1. The molecule has 2 rings (SSSR count). The second-order valence-electron chi connectivity index (χ2n) is 2.78. The Kier molecular flexibility index (Phi) is 2.27. The number of phenols is 1. The largest absolute Gasteiger partial charge is 0.508 e. The number of aromatic nitrogens is 2. The van der Waals surface area contributed by atoms with E-state index in [1.54, 1.807) is 36.5 Å². The Labute approximate surface area is 81.2 Å². The van der Waals surface area contributed by atoms with Gasteiger partial charge in [-0.2, -0.15) is 5.10 Å². The van der Waals surface area contributed by atoms with Gasteiger partial charge in [0, 0.05) is 11.9 Å². The Morgan fingerprint density at radius 3 is 2.50 bits per heavy atom. The van der Waals surface area contributed by atoms with Gasteiger partial charge >= 0.3 is 0 Å². The predicted molar refractivity (Wildman–Crippen MR) is 53.4 cm³/mol. The van der Waals surface area contributed by atoms with Gasteiger partial charge in [-0.15, -0.1) is 5.10 Å². The molecule has 4 nitrogen and oxygen atoms in total. The van der Waals surface area contributed by atoms with Crippen molar-refractivity contribution in [2.24, 2.45) is 0 Å². The first-order valence-electron chi connectivity index (χ1n) is 4.18. The molecule has 0 aliphatic heterocycles. The van der Waals surface area contributed by atoms with Crippen molar-refractivity contribution < 1.29 is 5.11 Å². The summed E-state index contributed by atoms with van der Waals surface area (Å²) in [6.07, 6.45) is 1.61. The van der Waals surface area contributed by atoms with E-state index in [4.69, 9.17) is 5.11 Å². The summed E-state index contributed by atoms with van der Waals surface area (Å²) in [4.78, 5) is 0. The van der Waals surface area contributed by atoms with Crippen LogP contribution in [0.5, 0.6) is 5.75 Å². The fourth-order valence-electron chi connectivity index (χ4n) is 1.06. The summed E-state index contributed by atoms with van der Waals surface area (Å²) in [5, 5.41) is 19.7. The Hall–Kier alpha value is -2.10. The van der Waals surface area contributed by atoms with Crippen molar-refractivity contribution in [3.63, 3.8) is 0 Å². The predicted octanol–water partition coefficient (Wildman–Crippen LogP) is 1.93. The number of nitrogens with zero attached hydrogens (tertiary/aromatic N) is 2. The lowest BCUT2D eigenvalue weighted by Gasteiger charge is -2.03. The van der Waals surface area contributed by atoms with Crippen LogP contribution in [-0.2, 0) is 0 Å². The quantitative estimate of drug-likeness (QED) is 0.705. The molecule has 0 atom stereocenters. The molecule has 1 aromatic heterocycles. The maximum atomic E-state index is 9.07. The molecule has 70 valence electrons. The van der Waals surface area contributed by atoms with Crippen LogP contribution in [0.4, 0.5) is 11.5 Å². The number of benzene rings is 1. The number of phenolic OH excluding ortho intramolecular Hbond substituents is 1. The summed E-state index contributed by atoms with van der Waals surface area (Å²) in [5.41, 5.74) is 0.864. The van der Waals surface area contributed by atoms with Gasteiger partial charge in [0.2, 0.25) is 0 Å². The van der Waals surface area contributed by atoms with Crippen molar-refractivity contribution in [2.75, 3.05) is 5.32 Å². The standard InChI is InChI=1S/C10H9N3O/c14-9-5-3-8(4-6-9)12-10-2-1-7-11-13-10/h1-7,14H,(H,12,13). The van der Waals surface area contributed by atoms with Gasteiger partial charge < -0.3 is 10.4 Å². The molecule has 0 amide bonds. The molecule has 0 bridgehead atoms. The second kappa shape index (κ2) is 3.74. The Morgan fingerprint density at radius 2 is 1.86 bits per heavy atom. The molecule has 0 saturated heterocycles. The van der Waals surface area contributed by atoms with Crippen LogP contribution in [0.25, 0.3) is 0 Å².